The van der Waals surface area contributed by atoms with Crippen LogP contribution < -0.4 is 0 Å². The van der Waals surface area contributed by atoms with Crippen LogP contribution in [0, 0.1) is 0 Å². The number of unbranched alkanes of at least 4 members (excludes halogenated alkanes) is 12. The summed E-state index contributed by atoms with van der Waals surface area (Å²) in [5, 5.41) is 10.7. The normalized spacial score (nSPS) is 11.2. The number of rotatable bonds is 17. The molecule has 0 bridgehead atoms. The van der Waals surface area contributed by atoms with Crippen molar-refractivity contribution in [1.29, 1.82) is 0 Å². The highest BCUT2D eigenvalue weighted by molar-refractivity contribution is 5.76. The summed E-state index contributed by atoms with van der Waals surface area (Å²) in [5.41, 5.74) is 4.99. The van der Waals surface area contributed by atoms with Crippen LogP contribution >= 0.6 is 0 Å². The molecule has 1 N–H and O–H groups in total. The predicted molar refractivity (Wildman–Crippen MR) is 137 cm³/mol. The van der Waals surface area contributed by atoms with Gasteiger partial charge in [-0.15, -0.1) is 0 Å². The Morgan fingerprint density at radius 1 is 0.516 bits per heavy atom. The summed E-state index contributed by atoms with van der Waals surface area (Å²) in [4.78, 5) is 0. The van der Waals surface area contributed by atoms with Gasteiger partial charge >= 0.3 is 0 Å². The molecule has 31 heavy (non-hydrogen) atoms. The number of phenols is 1. The second-order valence-corrected chi connectivity index (χ2v) is 9.21. The zero-order valence-electron chi connectivity index (χ0n) is 20.3. The third-order valence-corrected chi connectivity index (χ3v) is 6.51. The van der Waals surface area contributed by atoms with E-state index in [4.69, 9.17) is 0 Å². The second-order valence-electron chi connectivity index (χ2n) is 9.21. The maximum atomic E-state index is 10.7. The molecule has 1 heteroatoms. The first-order chi connectivity index (χ1) is 15.3. The lowest BCUT2D eigenvalue weighted by Crippen LogP contribution is -1.96. The second kappa shape index (κ2) is 16.0. The molecule has 0 radical (unpaired) electrons. The average molecular weight is 423 g/mol. The molecule has 2 aromatic carbocycles. The van der Waals surface area contributed by atoms with E-state index in [1.165, 1.54) is 107 Å². The van der Waals surface area contributed by atoms with Crippen LogP contribution in [-0.4, -0.2) is 5.11 Å². The Morgan fingerprint density at radius 3 is 1.65 bits per heavy atom. The maximum absolute atomic E-state index is 10.7. The lowest BCUT2D eigenvalue weighted by atomic mass is 9.90. The SMILES string of the molecule is CCCCCCCCCCCCc1ccccc1-c1c(O)cccc1CCCCCC. The topological polar surface area (TPSA) is 20.2 Å². The molecular formula is C30H46O. The Kier molecular flexibility index (Phi) is 13.1. The smallest absolute Gasteiger partial charge is 0.123 e. The molecule has 2 rings (SSSR count). The van der Waals surface area contributed by atoms with Crippen LogP contribution in [0.3, 0.4) is 0 Å². The van der Waals surface area contributed by atoms with E-state index in [1.54, 1.807) is 0 Å². The minimum Gasteiger partial charge on any atom is -0.507 e. The lowest BCUT2D eigenvalue weighted by Gasteiger charge is -2.16. The van der Waals surface area contributed by atoms with Gasteiger partial charge in [0.2, 0.25) is 0 Å². The number of hydrogen-bond donors (Lipinski definition) is 1. The molecule has 0 fully saturated rings. The first-order valence-corrected chi connectivity index (χ1v) is 13.2. The van der Waals surface area contributed by atoms with E-state index in [0.717, 1.165) is 18.4 Å². The Balaban J connectivity index is 1.88. The molecule has 0 aliphatic heterocycles. The standard InChI is InChI=1S/C30H46O/c1-3-5-7-9-10-11-12-13-14-16-20-26-21-17-18-24-28(26)30-27(22-15-8-6-4-2)23-19-25-29(30)31/h17-19,21,23-25,31H,3-16,20,22H2,1-2H3. The van der Waals surface area contributed by atoms with Crippen molar-refractivity contribution in [1.82, 2.24) is 0 Å². The molecule has 0 atom stereocenters. The number of benzene rings is 2. The molecule has 172 valence electrons. The van der Waals surface area contributed by atoms with Crippen LogP contribution in [0.15, 0.2) is 42.5 Å². The highest BCUT2D eigenvalue weighted by Gasteiger charge is 2.13. The quantitative estimate of drug-likeness (QED) is 0.251. The van der Waals surface area contributed by atoms with Gasteiger partial charge in [-0.05, 0) is 48.4 Å². The number of hydrogen-bond acceptors (Lipinski definition) is 1. The fraction of sp³-hybridized carbons (Fsp3) is 0.600. The molecule has 0 aliphatic carbocycles. The van der Waals surface area contributed by atoms with Gasteiger partial charge in [-0.1, -0.05) is 127 Å². The molecule has 0 aromatic heterocycles. The highest BCUT2D eigenvalue weighted by atomic mass is 16.3. The van der Waals surface area contributed by atoms with Gasteiger partial charge in [0, 0.05) is 5.56 Å². The molecular weight excluding hydrogens is 376 g/mol. The summed E-state index contributed by atoms with van der Waals surface area (Å²) in [6.45, 7) is 4.54. The van der Waals surface area contributed by atoms with Crippen LogP contribution in [0.25, 0.3) is 11.1 Å². The largest absolute Gasteiger partial charge is 0.507 e. The number of aromatic hydroxyl groups is 1. The molecule has 0 unspecified atom stereocenters. The molecule has 0 saturated heterocycles. The fourth-order valence-corrected chi connectivity index (χ4v) is 4.63. The van der Waals surface area contributed by atoms with Crippen molar-refractivity contribution in [3.05, 3.63) is 53.6 Å². The van der Waals surface area contributed by atoms with Crippen molar-refractivity contribution in [3.8, 4) is 16.9 Å². The number of aryl methyl sites for hydroxylation is 2. The third kappa shape index (κ3) is 9.50. The van der Waals surface area contributed by atoms with Crippen LogP contribution in [0.5, 0.6) is 5.75 Å². The summed E-state index contributed by atoms with van der Waals surface area (Å²) in [6.07, 6.45) is 20.9. The molecule has 0 spiro atoms. The van der Waals surface area contributed by atoms with Crippen molar-refractivity contribution in [2.24, 2.45) is 0 Å². The molecule has 1 nitrogen and oxygen atoms in total. The van der Waals surface area contributed by atoms with Gasteiger partial charge in [-0.25, -0.2) is 0 Å². The Labute approximate surface area is 192 Å². The van der Waals surface area contributed by atoms with Crippen molar-refractivity contribution in [2.75, 3.05) is 0 Å². The van der Waals surface area contributed by atoms with E-state index < -0.39 is 0 Å². The van der Waals surface area contributed by atoms with Crippen LogP contribution in [0.2, 0.25) is 0 Å². The first-order valence-electron chi connectivity index (χ1n) is 13.2. The molecule has 0 amide bonds. The summed E-state index contributed by atoms with van der Waals surface area (Å²) in [7, 11) is 0. The van der Waals surface area contributed by atoms with Gasteiger partial charge in [0.25, 0.3) is 0 Å². The van der Waals surface area contributed by atoms with Crippen molar-refractivity contribution in [3.63, 3.8) is 0 Å². The van der Waals surface area contributed by atoms with Crippen molar-refractivity contribution in [2.45, 2.75) is 117 Å². The van der Waals surface area contributed by atoms with Crippen LogP contribution in [0.1, 0.15) is 115 Å². The van der Waals surface area contributed by atoms with Gasteiger partial charge in [0.05, 0.1) is 0 Å². The monoisotopic (exact) mass is 422 g/mol. The van der Waals surface area contributed by atoms with Gasteiger partial charge < -0.3 is 5.11 Å². The average Bonchev–Trinajstić information content (AvgIpc) is 2.78. The summed E-state index contributed by atoms with van der Waals surface area (Å²) >= 11 is 0. The Bertz CT molecular complexity index is 718. The molecule has 2 aromatic rings. The Hall–Kier alpha value is -1.76. The van der Waals surface area contributed by atoms with Crippen LogP contribution in [0.4, 0.5) is 0 Å². The molecule has 0 heterocycles. The van der Waals surface area contributed by atoms with Crippen molar-refractivity contribution >= 4 is 0 Å². The number of phenolic OH excluding ortho intramolecular Hbond substituents is 1. The van der Waals surface area contributed by atoms with E-state index >= 15 is 0 Å². The van der Waals surface area contributed by atoms with E-state index in [0.29, 0.717) is 5.75 Å². The van der Waals surface area contributed by atoms with Gasteiger partial charge in [0.1, 0.15) is 5.75 Å². The molecule has 0 aliphatic rings. The highest BCUT2D eigenvalue weighted by Crippen LogP contribution is 2.36. The third-order valence-electron chi connectivity index (χ3n) is 6.51. The maximum Gasteiger partial charge on any atom is 0.123 e. The minimum atomic E-state index is 0.434. The van der Waals surface area contributed by atoms with Crippen LogP contribution in [-0.2, 0) is 12.8 Å². The lowest BCUT2D eigenvalue weighted by molar-refractivity contribution is 0.476. The Morgan fingerprint density at radius 2 is 1.00 bits per heavy atom. The first kappa shape index (κ1) is 25.5. The fourth-order valence-electron chi connectivity index (χ4n) is 4.63. The van der Waals surface area contributed by atoms with E-state index in [1.807, 2.05) is 12.1 Å². The predicted octanol–water partition coefficient (Wildman–Crippen LogP) is 9.65. The van der Waals surface area contributed by atoms with E-state index in [-0.39, 0.29) is 0 Å². The van der Waals surface area contributed by atoms with E-state index in [2.05, 4.69) is 44.2 Å². The van der Waals surface area contributed by atoms with Crippen molar-refractivity contribution < 1.29 is 5.11 Å². The van der Waals surface area contributed by atoms with Gasteiger partial charge in [0.15, 0.2) is 0 Å². The summed E-state index contributed by atoms with van der Waals surface area (Å²) < 4.78 is 0. The summed E-state index contributed by atoms with van der Waals surface area (Å²) in [5.74, 6) is 0.434. The summed E-state index contributed by atoms with van der Waals surface area (Å²) in [6, 6.07) is 14.8. The van der Waals surface area contributed by atoms with Gasteiger partial charge in [-0.2, -0.15) is 0 Å². The zero-order chi connectivity index (χ0) is 22.2. The van der Waals surface area contributed by atoms with E-state index in [9.17, 15) is 5.11 Å². The zero-order valence-corrected chi connectivity index (χ0v) is 20.3. The van der Waals surface area contributed by atoms with Gasteiger partial charge in [-0.3, -0.25) is 0 Å². The minimum absolute atomic E-state index is 0.434. The molecule has 0 saturated carbocycles.